The fourth-order valence-electron chi connectivity index (χ4n) is 3.26. The number of anilines is 4. The minimum atomic E-state index is -0.266. The van der Waals surface area contributed by atoms with Gasteiger partial charge in [0.25, 0.3) is 5.91 Å². The third-order valence-corrected chi connectivity index (χ3v) is 6.57. The molecule has 8 nitrogen and oxygen atoms in total. The number of pyridine rings is 1. The number of carbonyl (C=O) groups excluding carboxylic acids is 1. The van der Waals surface area contributed by atoms with Crippen LogP contribution < -0.4 is 16.0 Å². The summed E-state index contributed by atoms with van der Waals surface area (Å²) in [6.07, 6.45) is 6.60. The van der Waals surface area contributed by atoms with Crippen molar-refractivity contribution in [3.63, 3.8) is 0 Å². The maximum Gasteiger partial charge on any atom is 0.258 e. The molecular weight excluding hydrogens is 418 g/mol. The molecule has 0 aliphatic heterocycles. The zero-order valence-corrected chi connectivity index (χ0v) is 17.4. The Morgan fingerprint density at radius 2 is 2.03 bits per heavy atom. The molecular formula is C20H15N7OS2. The summed E-state index contributed by atoms with van der Waals surface area (Å²) in [5, 5.41) is 9.37. The van der Waals surface area contributed by atoms with Gasteiger partial charge in [-0.1, -0.05) is 6.07 Å². The maximum absolute atomic E-state index is 13.3. The molecule has 0 saturated carbocycles. The Hall–Kier alpha value is -3.63. The minimum Gasteiger partial charge on any atom is -0.382 e. The Bertz CT molecular complexity index is 1380. The molecule has 10 heteroatoms. The monoisotopic (exact) mass is 433 g/mol. The number of amides is 1. The summed E-state index contributed by atoms with van der Waals surface area (Å²) >= 11 is 2.87. The molecule has 0 bridgehead atoms. The zero-order valence-electron chi connectivity index (χ0n) is 15.7. The highest BCUT2D eigenvalue weighted by Gasteiger charge is 2.20. The minimum absolute atomic E-state index is 0.266. The SMILES string of the molecule is CN(c1nccs1)c1ccc2cnccc2c1NC(=O)c1csc2c(N)ncnc12. The van der Waals surface area contributed by atoms with Crippen molar-refractivity contribution < 1.29 is 4.79 Å². The molecule has 5 aromatic rings. The third-order valence-electron chi connectivity index (χ3n) is 4.73. The molecule has 0 aliphatic carbocycles. The first kappa shape index (κ1) is 18.4. The van der Waals surface area contributed by atoms with Crippen LogP contribution in [0.2, 0.25) is 0 Å². The van der Waals surface area contributed by atoms with Crippen LogP contribution in [-0.4, -0.2) is 32.9 Å². The number of thiophene rings is 1. The Morgan fingerprint density at radius 1 is 1.13 bits per heavy atom. The van der Waals surface area contributed by atoms with Crippen molar-refractivity contribution in [3.05, 3.63) is 59.4 Å². The van der Waals surface area contributed by atoms with E-state index in [9.17, 15) is 4.79 Å². The van der Waals surface area contributed by atoms with Crippen molar-refractivity contribution in [3.8, 4) is 0 Å². The molecule has 0 aliphatic rings. The average molecular weight is 434 g/mol. The highest BCUT2D eigenvalue weighted by atomic mass is 32.1. The number of nitrogen functional groups attached to an aromatic ring is 1. The summed E-state index contributed by atoms with van der Waals surface area (Å²) in [5.74, 6) is 0.0990. The summed E-state index contributed by atoms with van der Waals surface area (Å²) in [7, 11) is 1.92. The van der Waals surface area contributed by atoms with E-state index >= 15 is 0 Å². The largest absolute Gasteiger partial charge is 0.382 e. The lowest BCUT2D eigenvalue weighted by molar-refractivity contribution is 0.102. The van der Waals surface area contributed by atoms with Gasteiger partial charge in [-0.2, -0.15) is 0 Å². The molecule has 0 fully saturated rings. The molecule has 3 N–H and O–H groups in total. The van der Waals surface area contributed by atoms with Gasteiger partial charge in [0, 0.05) is 47.2 Å². The number of nitrogens with two attached hydrogens (primary N) is 1. The van der Waals surface area contributed by atoms with Crippen LogP contribution in [0, 0.1) is 0 Å². The highest BCUT2D eigenvalue weighted by Crippen LogP contribution is 2.38. The number of nitrogens with one attached hydrogen (secondary N) is 1. The van der Waals surface area contributed by atoms with Gasteiger partial charge in [-0.3, -0.25) is 9.78 Å². The van der Waals surface area contributed by atoms with Gasteiger partial charge in [-0.15, -0.1) is 22.7 Å². The first-order chi connectivity index (χ1) is 14.6. The van der Waals surface area contributed by atoms with E-state index in [1.54, 1.807) is 24.0 Å². The van der Waals surface area contributed by atoms with Gasteiger partial charge in [0.1, 0.15) is 12.1 Å². The number of rotatable bonds is 4. The molecule has 30 heavy (non-hydrogen) atoms. The molecule has 5 rings (SSSR count). The lowest BCUT2D eigenvalue weighted by Gasteiger charge is -2.21. The van der Waals surface area contributed by atoms with Crippen molar-refractivity contribution in [1.29, 1.82) is 0 Å². The van der Waals surface area contributed by atoms with E-state index in [1.165, 1.54) is 29.0 Å². The first-order valence-corrected chi connectivity index (χ1v) is 10.7. The van der Waals surface area contributed by atoms with Gasteiger partial charge < -0.3 is 16.0 Å². The van der Waals surface area contributed by atoms with Crippen molar-refractivity contribution >= 4 is 71.9 Å². The molecule has 1 aromatic carbocycles. The fourth-order valence-corrected chi connectivity index (χ4v) is 4.79. The van der Waals surface area contributed by atoms with Gasteiger partial charge in [0.2, 0.25) is 0 Å². The molecule has 0 spiro atoms. The molecule has 4 aromatic heterocycles. The molecule has 4 heterocycles. The van der Waals surface area contributed by atoms with Crippen LogP contribution in [-0.2, 0) is 0 Å². The Kier molecular flexibility index (Phi) is 4.49. The number of thiazole rings is 1. The summed E-state index contributed by atoms with van der Waals surface area (Å²) in [5.41, 5.74) is 8.43. The quantitative estimate of drug-likeness (QED) is 0.435. The van der Waals surface area contributed by atoms with E-state index in [0.717, 1.165) is 21.6 Å². The Balaban J connectivity index is 1.62. The second-order valence-electron chi connectivity index (χ2n) is 6.47. The summed E-state index contributed by atoms with van der Waals surface area (Å²) in [4.78, 5) is 32.0. The van der Waals surface area contributed by atoms with Crippen LogP contribution in [0.3, 0.4) is 0 Å². The van der Waals surface area contributed by atoms with Gasteiger partial charge in [-0.25, -0.2) is 15.0 Å². The summed E-state index contributed by atoms with van der Waals surface area (Å²) < 4.78 is 0.699. The number of nitrogens with zero attached hydrogens (tertiary/aromatic N) is 5. The van der Waals surface area contributed by atoms with E-state index < -0.39 is 0 Å². The number of benzene rings is 1. The topological polar surface area (TPSA) is 110 Å². The highest BCUT2D eigenvalue weighted by molar-refractivity contribution is 7.18. The molecule has 0 radical (unpaired) electrons. The van der Waals surface area contributed by atoms with Crippen molar-refractivity contribution in [1.82, 2.24) is 19.9 Å². The Labute approximate surface area is 179 Å². The number of hydrogen-bond donors (Lipinski definition) is 2. The standard InChI is InChI=1S/C20H15N7OS2/c1-27(20-23-6-7-29-20)14-3-2-11-8-22-5-4-12(11)15(14)26-19(28)13-9-30-17-16(13)24-10-25-18(17)21/h2-10H,1H3,(H,26,28)(H2,21,24,25). The molecule has 148 valence electrons. The lowest BCUT2D eigenvalue weighted by atomic mass is 10.1. The molecule has 1 amide bonds. The molecule has 0 atom stereocenters. The van der Waals surface area contributed by atoms with E-state index in [1.807, 2.05) is 35.5 Å². The van der Waals surface area contributed by atoms with Crippen molar-refractivity contribution in [2.24, 2.45) is 0 Å². The zero-order chi connectivity index (χ0) is 20.7. The van der Waals surface area contributed by atoms with Gasteiger partial charge in [0.15, 0.2) is 5.13 Å². The van der Waals surface area contributed by atoms with Crippen LogP contribution in [0.5, 0.6) is 0 Å². The number of aromatic nitrogens is 4. The van der Waals surface area contributed by atoms with Crippen molar-refractivity contribution in [2.45, 2.75) is 0 Å². The van der Waals surface area contributed by atoms with Crippen LogP contribution in [0.1, 0.15) is 10.4 Å². The predicted octanol–water partition coefficient (Wildman–Crippen LogP) is 4.30. The molecule has 0 unspecified atom stereocenters. The second kappa shape index (κ2) is 7.32. The smallest absolute Gasteiger partial charge is 0.258 e. The van der Waals surface area contributed by atoms with Crippen LogP contribution in [0.15, 0.2) is 53.9 Å². The molecule has 0 saturated heterocycles. The Morgan fingerprint density at radius 3 is 2.87 bits per heavy atom. The van der Waals surface area contributed by atoms with Crippen molar-refractivity contribution in [2.75, 3.05) is 23.0 Å². The van der Waals surface area contributed by atoms with Gasteiger partial charge in [0.05, 0.1) is 27.2 Å². The van der Waals surface area contributed by atoms with Gasteiger partial charge in [-0.05, 0) is 12.1 Å². The van der Waals surface area contributed by atoms with E-state index in [2.05, 4.69) is 25.3 Å². The second-order valence-corrected chi connectivity index (χ2v) is 8.22. The number of carbonyl (C=O) groups is 1. The van der Waals surface area contributed by atoms with E-state index in [-0.39, 0.29) is 5.91 Å². The third kappa shape index (κ3) is 3.02. The average Bonchev–Trinajstić information content (AvgIpc) is 3.44. The number of fused-ring (bicyclic) bond motifs is 2. The van der Waals surface area contributed by atoms with Crippen LogP contribution in [0.25, 0.3) is 21.0 Å². The first-order valence-electron chi connectivity index (χ1n) is 8.92. The maximum atomic E-state index is 13.3. The van der Waals surface area contributed by atoms with Crippen LogP contribution >= 0.6 is 22.7 Å². The van der Waals surface area contributed by atoms with Crippen LogP contribution in [0.4, 0.5) is 22.3 Å². The summed E-state index contributed by atoms with van der Waals surface area (Å²) in [6, 6.07) is 5.81. The van der Waals surface area contributed by atoms with E-state index in [0.29, 0.717) is 27.3 Å². The lowest BCUT2D eigenvalue weighted by Crippen LogP contribution is -2.17. The summed E-state index contributed by atoms with van der Waals surface area (Å²) in [6.45, 7) is 0. The number of hydrogen-bond acceptors (Lipinski definition) is 9. The fraction of sp³-hybridized carbons (Fsp3) is 0.0500. The van der Waals surface area contributed by atoms with Gasteiger partial charge >= 0.3 is 0 Å². The normalized spacial score (nSPS) is 11.1. The predicted molar refractivity (Wildman–Crippen MR) is 122 cm³/mol. The van der Waals surface area contributed by atoms with E-state index in [4.69, 9.17) is 5.73 Å².